The van der Waals surface area contributed by atoms with Gasteiger partial charge in [0.15, 0.2) is 0 Å². The summed E-state index contributed by atoms with van der Waals surface area (Å²) in [5.41, 5.74) is 0.713. The fourth-order valence-corrected chi connectivity index (χ4v) is 3.03. The van der Waals surface area contributed by atoms with Crippen LogP contribution in [0.1, 0.15) is 65.5 Å². The summed E-state index contributed by atoms with van der Waals surface area (Å²) < 4.78 is 12.4. The molecule has 1 N–H and O–H groups in total. The van der Waals surface area contributed by atoms with Crippen LogP contribution in [0.25, 0.3) is 0 Å². The minimum atomic E-state index is -0.451. The number of rotatable bonds is 10. The van der Waals surface area contributed by atoms with Gasteiger partial charge in [0.05, 0.1) is 24.5 Å². The number of hydrogen-bond acceptors (Lipinski definition) is 6. The molecule has 0 bridgehead atoms. The fraction of sp³-hybridized carbons (Fsp3) is 0.522. The number of hydrogen-bond donors (Lipinski definition) is 1. The van der Waals surface area contributed by atoms with Crippen LogP contribution in [0.5, 0.6) is 5.75 Å². The Bertz CT molecular complexity index is 935. The first-order valence-electron chi connectivity index (χ1n) is 10.5. The molecule has 0 saturated carbocycles. The van der Waals surface area contributed by atoms with Crippen molar-refractivity contribution in [2.24, 2.45) is 0 Å². The van der Waals surface area contributed by atoms with Crippen LogP contribution in [0.3, 0.4) is 0 Å². The van der Waals surface area contributed by atoms with Crippen LogP contribution in [0.15, 0.2) is 35.3 Å². The Hall–Kier alpha value is -2.54. The number of carbonyl (C=O) groups excluding carboxylic acids is 1. The molecule has 0 aliphatic carbocycles. The Balaban J connectivity index is 1.82. The zero-order valence-electron chi connectivity index (χ0n) is 18.9. The van der Waals surface area contributed by atoms with Gasteiger partial charge in [-0.1, -0.05) is 23.7 Å². The highest BCUT2D eigenvalue weighted by molar-refractivity contribution is 6.32. The molecule has 2 rings (SSSR count). The highest BCUT2D eigenvalue weighted by Gasteiger charge is 2.15. The molecular weight excluding hydrogens is 418 g/mol. The maximum atomic E-state index is 12.3. The van der Waals surface area contributed by atoms with Gasteiger partial charge in [-0.3, -0.25) is 9.59 Å². The highest BCUT2D eigenvalue weighted by Crippen LogP contribution is 2.19. The van der Waals surface area contributed by atoms with Crippen molar-refractivity contribution in [1.29, 1.82) is 0 Å². The van der Waals surface area contributed by atoms with E-state index in [2.05, 4.69) is 10.4 Å². The Kier molecular flexibility index (Phi) is 8.92. The molecule has 0 amide bonds. The number of nitrogens with one attached hydrogen (secondary N) is 1. The Labute approximate surface area is 188 Å². The van der Waals surface area contributed by atoms with Gasteiger partial charge in [0, 0.05) is 13.0 Å². The lowest BCUT2D eigenvalue weighted by molar-refractivity contribution is -0.154. The Morgan fingerprint density at radius 1 is 1.26 bits per heavy atom. The van der Waals surface area contributed by atoms with E-state index in [1.165, 1.54) is 4.68 Å². The number of esters is 1. The maximum absolute atomic E-state index is 12.3. The van der Waals surface area contributed by atoms with Gasteiger partial charge in [-0.15, -0.1) is 0 Å². The Morgan fingerprint density at radius 3 is 2.68 bits per heavy atom. The molecule has 1 aromatic heterocycles. The number of ether oxygens (including phenoxy) is 2. The summed E-state index contributed by atoms with van der Waals surface area (Å²) in [5.74, 6) is 0.561. The number of aromatic nitrogens is 2. The summed E-state index contributed by atoms with van der Waals surface area (Å²) in [5, 5.41) is 7.44. The van der Waals surface area contributed by atoms with Gasteiger partial charge in [0.1, 0.15) is 16.4 Å². The minimum Gasteiger partial charge on any atom is -0.494 e. The smallest absolute Gasteiger partial charge is 0.306 e. The first-order valence-corrected chi connectivity index (χ1v) is 10.9. The minimum absolute atomic E-state index is 0.0583. The number of halogens is 1. The number of benzene rings is 1. The van der Waals surface area contributed by atoms with E-state index in [1.807, 2.05) is 58.9 Å². The van der Waals surface area contributed by atoms with E-state index >= 15 is 0 Å². The van der Waals surface area contributed by atoms with Gasteiger partial charge in [-0.25, -0.2) is 4.68 Å². The zero-order chi connectivity index (χ0) is 23.0. The summed E-state index contributed by atoms with van der Waals surface area (Å²) in [7, 11) is 0. The van der Waals surface area contributed by atoms with Crippen molar-refractivity contribution in [3.8, 4) is 5.75 Å². The monoisotopic (exact) mass is 449 g/mol. The van der Waals surface area contributed by atoms with Crippen molar-refractivity contribution in [2.75, 3.05) is 11.9 Å². The van der Waals surface area contributed by atoms with E-state index in [0.29, 0.717) is 31.7 Å². The van der Waals surface area contributed by atoms with Crippen LogP contribution in [-0.2, 0) is 16.1 Å². The van der Waals surface area contributed by atoms with Gasteiger partial charge in [0.25, 0.3) is 5.56 Å². The molecule has 2 aromatic rings. The predicted octanol–water partition coefficient (Wildman–Crippen LogP) is 4.98. The third kappa shape index (κ3) is 8.25. The first-order chi connectivity index (χ1) is 14.6. The molecule has 0 unspecified atom stereocenters. The van der Waals surface area contributed by atoms with Crippen molar-refractivity contribution >= 4 is 23.3 Å². The standard InChI is InChI=1S/C23H32ClN3O4/c1-16(2)27-22(29)21(24)19(15-26-27)25-14-17-9-8-10-18(13-17)30-12-7-6-11-20(28)31-23(3,4)5/h8-10,13,15-16,25H,6-7,11-12,14H2,1-5H3. The average Bonchev–Trinajstić information content (AvgIpc) is 2.67. The summed E-state index contributed by atoms with van der Waals surface area (Å²) in [4.78, 5) is 24.0. The third-order valence-corrected chi connectivity index (χ3v) is 4.64. The van der Waals surface area contributed by atoms with E-state index in [1.54, 1.807) is 6.20 Å². The van der Waals surface area contributed by atoms with Gasteiger partial charge < -0.3 is 14.8 Å². The summed E-state index contributed by atoms with van der Waals surface area (Å²) in [6, 6.07) is 7.62. The lowest BCUT2D eigenvalue weighted by atomic mass is 10.2. The average molecular weight is 450 g/mol. The van der Waals surface area contributed by atoms with Gasteiger partial charge in [0.2, 0.25) is 0 Å². The van der Waals surface area contributed by atoms with E-state index in [0.717, 1.165) is 17.7 Å². The summed E-state index contributed by atoms with van der Waals surface area (Å²) in [6.45, 7) is 10.3. The summed E-state index contributed by atoms with van der Waals surface area (Å²) >= 11 is 6.20. The first kappa shape index (κ1) is 24.7. The lowest BCUT2D eigenvalue weighted by Gasteiger charge is -2.19. The largest absolute Gasteiger partial charge is 0.494 e. The van der Waals surface area contributed by atoms with Crippen LogP contribution in [0, 0.1) is 0 Å². The second-order valence-corrected chi connectivity index (χ2v) is 8.99. The van der Waals surface area contributed by atoms with Crippen molar-refractivity contribution in [2.45, 2.75) is 72.1 Å². The molecule has 7 nitrogen and oxygen atoms in total. The van der Waals surface area contributed by atoms with E-state index < -0.39 is 5.60 Å². The van der Waals surface area contributed by atoms with E-state index in [9.17, 15) is 9.59 Å². The molecule has 0 aliphatic heterocycles. The van der Waals surface area contributed by atoms with Crippen molar-refractivity contribution in [1.82, 2.24) is 9.78 Å². The molecule has 170 valence electrons. The van der Waals surface area contributed by atoms with Crippen molar-refractivity contribution in [3.05, 3.63) is 51.4 Å². The second kappa shape index (κ2) is 11.2. The molecule has 0 radical (unpaired) electrons. The number of unbranched alkanes of at least 4 members (excludes halogenated alkanes) is 1. The lowest BCUT2D eigenvalue weighted by Crippen LogP contribution is -2.25. The van der Waals surface area contributed by atoms with Crippen molar-refractivity contribution < 1.29 is 14.3 Å². The Morgan fingerprint density at radius 2 is 2.00 bits per heavy atom. The van der Waals surface area contributed by atoms with Gasteiger partial charge in [-0.05, 0) is 65.2 Å². The SMILES string of the molecule is CC(C)n1ncc(NCc2cccc(OCCCCC(=O)OC(C)(C)C)c2)c(Cl)c1=O. The summed E-state index contributed by atoms with van der Waals surface area (Å²) in [6.07, 6.45) is 3.42. The van der Waals surface area contributed by atoms with Crippen LogP contribution in [0.2, 0.25) is 5.02 Å². The van der Waals surface area contributed by atoms with E-state index in [-0.39, 0.29) is 22.6 Å². The number of nitrogens with zero attached hydrogens (tertiary/aromatic N) is 2. The molecule has 1 aromatic carbocycles. The molecule has 1 heterocycles. The molecule has 0 spiro atoms. The number of carbonyl (C=O) groups is 1. The van der Waals surface area contributed by atoms with E-state index in [4.69, 9.17) is 21.1 Å². The predicted molar refractivity (Wildman–Crippen MR) is 123 cm³/mol. The highest BCUT2D eigenvalue weighted by atomic mass is 35.5. The van der Waals surface area contributed by atoms with Gasteiger partial charge in [-0.2, -0.15) is 5.10 Å². The quantitative estimate of drug-likeness (QED) is 0.407. The van der Waals surface area contributed by atoms with Crippen molar-refractivity contribution in [3.63, 3.8) is 0 Å². The second-order valence-electron chi connectivity index (χ2n) is 8.61. The molecule has 0 saturated heterocycles. The molecule has 8 heteroatoms. The molecule has 0 fully saturated rings. The third-order valence-electron chi connectivity index (χ3n) is 4.28. The fourth-order valence-electron chi connectivity index (χ4n) is 2.83. The van der Waals surface area contributed by atoms with Crippen LogP contribution in [0.4, 0.5) is 5.69 Å². The molecule has 31 heavy (non-hydrogen) atoms. The number of anilines is 1. The van der Waals surface area contributed by atoms with Crippen LogP contribution >= 0.6 is 11.6 Å². The molecule has 0 aliphatic rings. The molecule has 0 atom stereocenters. The van der Waals surface area contributed by atoms with Crippen LogP contribution < -0.4 is 15.6 Å². The topological polar surface area (TPSA) is 82.4 Å². The van der Waals surface area contributed by atoms with Crippen LogP contribution in [-0.4, -0.2) is 28.0 Å². The zero-order valence-corrected chi connectivity index (χ0v) is 19.7. The normalized spacial score (nSPS) is 11.5. The molecular formula is C23H32ClN3O4. The maximum Gasteiger partial charge on any atom is 0.306 e. The van der Waals surface area contributed by atoms with Gasteiger partial charge >= 0.3 is 5.97 Å².